The first kappa shape index (κ1) is 10.2. The van der Waals surface area contributed by atoms with Gasteiger partial charge in [0.2, 0.25) is 0 Å². The highest BCUT2D eigenvalue weighted by atomic mass is 35.5. The molecule has 0 saturated heterocycles. The number of hydrogen-bond donors (Lipinski definition) is 0. The van der Waals surface area contributed by atoms with Crippen LogP contribution < -0.4 is 0 Å². The third-order valence-electron chi connectivity index (χ3n) is 1.10. The molecule has 0 aliphatic carbocycles. The van der Waals surface area contributed by atoms with Crippen LogP contribution in [0.2, 0.25) is 0 Å². The molecule has 1 atom stereocenters. The van der Waals surface area contributed by atoms with Crippen molar-refractivity contribution in [3.8, 4) is 0 Å². The van der Waals surface area contributed by atoms with Crippen LogP contribution in [0.5, 0.6) is 0 Å². The first-order chi connectivity index (χ1) is 4.63. The van der Waals surface area contributed by atoms with Crippen LogP contribution in [-0.4, -0.2) is 37.7 Å². The van der Waals surface area contributed by atoms with E-state index in [1.54, 1.807) is 0 Å². The average molecular weight is 166 g/mol. The van der Waals surface area contributed by atoms with Crippen molar-refractivity contribution in [3.63, 3.8) is 0 Å². The van der Waals surface area contributed by atoms with Gasteiger partial charge >= 0.3 is 0 Å². The standard InChI is InChI=1S/C7H16ClNO/c1-7(8)10-6-4-5-9(2)3/h7H,4-6H2,1-3H3. The number of hydrogen-bond acceptors (Lipinski definition) is 2. The average Bonchev–Trinajstić information content (AvgIpc) is 1.79. The van der Waals surface area contributed by atoms with Crippen LogP contribution in [0, 0.1) is 0 Å². The molecule has 10 heavy (non-hydrogen) atoms. The van der Waals surface area contributed by atoms with Crippen molar-refractivity contribution < 1.29 is 4.74 Å². The van der Waals surface area contributed by atoms with E-state index < -0.39 is 0 Å². The maximum Gasteiger partial charge on any atom is 0.128 e. The van der Waals surface area contributed by atoms with Crippen molar-refractivity contribution in [1.29, 1.82) is 0 Å². The van der Waals surface area contributed by atoms with Crippen molar-refractivity contribution >= 4 is 11.6 Å². The molecular formula is C7H16ClNO. The van der Waals surface area contributed by atoms with Crippen LogP contribution in [0.25, 0.3) is 0 Å². The Labute approximate surface area is 68.1 Å². The van der Waals surface area contributed by atoms with E-state index in [2.05, 4.69) is 4.90 Å². The van der Waals surface area contributed by atoms with Gasteiger partial charge in [-0.1, -0.05) is 11.6 Å². The summed E-state index contributed by atoms with van der Waals surface area (Å²) in [7, 11) is 4.09. The fraction of sp³-hybridized carbons (Fsp3) is 1.00. The van der Waals surface area contributed by atoms with Gasteiger partial charge in [-0.15, -0.1) is 0 Å². The molecule has 1 unspecified atom stereocenters. The smallest absolute Gasteiger partial charge is 0.128 e. The molecule has 0 spiro atoms. The van der Waals surface area contributed by atoms with Crippen molar-refractivity contribution in [2.24, 2.45) is 0 Å². The summed E-state index contributed by atoms with van der Waals surface area (Å²) < 4.78 is 5.13. The van der Waals surface area contributed by atoms with Crippen LogP contribution in [0.3, 0.4) is 0 Å². The summed E-state index contributed by atoms with van der Waals surface area (Å²) in [6.45, 7) is 3.64. The summed E-state index contributed by atoms with van der Waals surface area (Å²) in [6.07, 6.45) is 1.05. The second-order valence-corrected chi connectivity index (χ2v) is 3.19. The van der Waals surface area contributed by atoms with Gasteiger partial charge in [-0.25, -0.2) is 0 Å². The summed E-state index contributed by atoms with van der Waals surface area (Å²) >= 11 is 5.56. The van der Waals surface area contributed by atoms with Crippen molar-refractivity contribution in [3.05, 3.63) is 0 Å². The molecule has 0 aromatic heterocycles. The number of ether oxygens (including phenoxy) is 1. The van der Waals surface area contributed by atoms with Gasteiger partial charge < -0.3 is 9.64 Å². The quantitative estimate of drug-likeness (QED) is 0.453. The number of halogens is 1. The van der Waals surface area contributed by atoms with E-state index in [-0.39, 0.29) is 5.56 Å². The summed E-state index contributed by atoms with van der Waals surface area (Å²) in [4.78, 5) is 2.13. The Morgan fingerprint density at radius 1 is 1.50 bits per heavy atom. The molecule has 62 valence electrons. The second-order valence-electron chi connectivity index (χ2n) is 2.57. The number of nitrogens with zero attached hydrogens (tertiary/aromatic N) is 1. The normalized spacial score (nSPS) is 14.1. The summed E-state index contributed by atoms with van der Waals surface area (Å²) in [5.74, 6) is 0. The lowest BCUT2D eigenvalue weighted by atomic mass is 10.4. The molecule has 0 rings (SSSR count). The van der Waals surface area contributed by atoms with E-state index >= 15 is 0 Å². The fourth-order valence-electron chi connectivity index (χ4n) is 0.627. The summed E-state index contributed by atoms with van der Waals surface area (Å²) in [6, 6.07) is 0. The molecule has 0 radical (unpaired) electrons. The molecule has 0 aromatic carbocycles. The SMILES string of the molecule is CC(Cl)OCCCN(C)C. The van der Waals surface area contributed by atoms with Gasteiger partial charge in [0.05, 0.1) is 0 Å². The summed E-state index contributed by atoms with van der Waals surface area (Å²) in [5.41, 5.74) is -0.151. The molecule has 0 N–H and O–H groups in total. The highest BCUT2D eigenvalue weighted by molar-refractivity contribution is 6.19. The largest absolute Gasteiger partial charge is 0.363 e. The monoisotopic (exact) mass is 165 g/mol. The molecule has 0 saturated carbocycles. The van der Waals surface area contributed by atoms with Crippen molar-refractivity contribution in [2.75, 3.05) is 27.2 Å². The molecule has 0 aromatic rings. The zero-order chi connectivity index (χ0) is 7.98. The number of rotatable bonds is 5. The Morgan fingerprint density at radius 2 is 2.10 bits per heavy atom. The number of alkyl halides is 1. The molecule has 2 nitrogen and oxygen atoms in total. The first-order valence-electron chi connectivity index (χ1n) is 3.53. The van der Waals surface area contributed by atoms with Crippen LogP contribution >= 0.6 is 11.6 Å². The Balaban J connectivity index is 2.91. The maximum absolute atomic E-state index is 5.56. The second kappa shape index (κ2) is 5.96. The van der Waals surface area contributed by atoms with Gasteiger partial charge in [-0.3, -0.25) is 0 Å². The molecule has 0 fully saturated rings. The van der Waals surface area contributed by atoms with Crippen molar-refractivity contribution in [1.82, 2.24) is 4.90 Å². The predicted octanol–water partition coefficient (Wildman–Crippen LogP) is 1.54. The van der Waals surface area contributed by atoms with Crippen LogP contribution in [0.1, 0.15) is 13.3 Å². The topological polar surface area (TPSA) is 12.5 Å². The highest BCUT2D eigenvalue weighted by Crippen LogP contribution is 1.96. The first-order valence-corrected chi connectivity index (χ1v) is 3.97. The van der Waals surface area contributed by atoms with Crippen molar-refractivity contribution in [2.45, 2.75) is 18.9 Å². The Bertz CT molecular complexity index is 66.0. The zero-order valence-corrected chi connectivity index (χ0v) is 7.69. The lowest BCUT2D eigenvalue weighted by Gasteiger charge is -2.09. The van der Waals surface area contributed by atoms with Gasteiger partial charge in [-0.05, 0) is 34.0 Å². The Kier molecular flexibility index (Phi) is 6.08. The minimum absolute atomic E-state index is 0.151. The molecule has 0 aliphatic heterocycles. The van der Waals surface area contributed by atoms with E-state index in [1.165, 1.54) is 0 Å². The molecule has 0 heterocycles. The van der Waals surface area contributed by atoms with Crippen LogP contribution in [-0.2, 0) is 4.74 Å². The van der Waals surface area contributed by atoms with E-state index in [1.807, 2.05) is 21.0 Å². The zero-order valence-electron chi connectivity index (χ0n) is 6.93. The molecule has 0 bridgehead atoms. The van der Waals surface area contributed by atoms with Gasteiger partial charge in [0.15, 0.2) is 0 Å². The molecule has 0 aliphatic rings. The van der Waals surface area contributed by atoms with E-state index in [4.69, 9.17) is 16.3 Å². The van der Waals surface area contributed by atoms with Gasteiger partial charge in [0.1, 0.15) is 5.56 Å². The maximum atomic E-state index is 5.56. The van der Waals surface area contributed by atoms with Crippen LogP contribution in [0.4, 0.5) is 0 Å². The third kappa shape index (κ3) is 8.21. The van der Waals surface area contributed by atoms with Crippen LogP contribution in [0.15, 0.2) is 0 Å². The summed E-state index contributed by atoms with van der Waals surface area (Å²) in [5, 5.41) is 0. The van der Waals surface area contributed by atoms with E-state index in [0.29, 0.717) is 0 Å². The van der Waals surface area contributed by atoms with Gasteiger partial charge in [0.25, 0.3) is 0 Å². The third-order valence-corrected chi connectivity index (χ3v) is 1.22. The minimum atomic E-state index is -0.151. The van der Waals surface area contributed by atoms with E-state index in [0.717, 1.165) is 19.6 Å². The molecule has 0 amide bonds. The lowest BCUT2D eigenvalue weighted by Crippen LogP contribution is -2.15. The minimum Gasteiger partial charge on any atom is -0.363 e. The molecule has 3 heteroatoms. The predicted molar refractivity (Wildman–Crippen MR) is 44.4 cm³/mol. The Hall–Kier alpha value is 0.210. The molecular weight excluding hydrogens is 150 g/mol. The van der Waals surface area contributed by atoms with E-state index in [9.17, 15) is 0 Å². The Morgan fingerprint density at radius 3 is 2.50 bits per heavy atom. The highest BCUT2D eigenvalue weighted by Gasteiger charge is 1.94. The van der Waals surface area contributed by atoms with Gasteiger partial charge in [0, 0.05) is 6.61 Å². The fourth-order valence-corrected chi connectivity index (χ4v) is 0.716. The van der Waals surface area contributed by atoms with Gasteiger partial charge in [-0.2, -0.15) is 0 Å². The lowest BCUT2D eigenvalue weighted by molar-refractivity contribution is 0.111.